The van der Waals surface area contributed by atoms with Crippen LogP contribution in [0.2, 0.25) is 0 Å². The highest BCUT2D eigenvalue weighted by molar-refractivity contribution is 5.09. The number of nitrogens with zero attached hydrogens (tertiary/aromatic N) is 2. The lowest BCUT2D eigenvalue weighted by Crippen LogP contribution is -2.36. The predicted molar refractivity (Wildman–Crippen MR) is 58.4 cm³/mol. The molecule has 0 radical (unpaired) electrons. The second kappa shape index (κ2) is 6.00. The van der Waals surface area contributed by atoms with Gasteiger partial charge in [-0.1, -0.05) is 12.5 Å². The first-order valence-corrected chi connectivity index (χ1v) is 4.78. The lowest BCUT2D eigenvalue weighted by molar-refractivity contribution is 0.273. The summed E-state index contributed by atoms with van der Waals surface area (Å²) in [5.74, 6) is 0. The van der Waals surface area contributed by atoms with Crippen LogP contribution in [0.3, 0.4) is 0 Å². The Bertz CT molecular complexity index is 171. The molecule has 0 rings (SSSR count). The Morgan fingerprint density at radius 2 is 1.77 bits per heavy atom. The van der Waals surface area contributed by atoms with Gasteiger partial charge in [0, 0.05) is 26.3 Å². The molecule has 0 aliphatic rings. The summed E-state index contributed by atoms with van der Waals surface area (Å²) in [7, 11) is 6.12. The second-order valence-electron chi connectivity index (χ2n) is 3.56. The molecular formula is C10H23N3. The van der Waals surface area contributed by atoms with Crippen LogP contribution in [0.1, 0.15) is 20.8 Å². The molecule has 1 N–H and O–H groups in total. The van der Waals surface area contributed by atoms with Crippen molar-refractivity contribution in [3.8, 4) is 0 Å². The monoisotopic (exact) mass is 185 g/mol. The molecule has 0 atom stereocenters. The largest absolute Gasteiger partial charge is 0.315 e. The quantitative estimate of drug-likeness (QED) is 0.651. The van der Waals surface area contributed by atoms with Crippen LogP contribution in [0.4, 0.5) is 0 Å². The van der Waals surface area contributed by atoms with Gasteiger partial charge < -0.3 is 9.91 Å². The standard InChI is InChI=1S/C10H23N3/c1-7-12(5)8-10(9(2)3)13(6)11-4/h11H,7-8H2,1-6H3. The number of hydrogen-bond acceptors (Lipinski definition) is 3. The van der Waals surface area contributed by atoms with Gasteiger partial charge in [-0.3, -0.25) is 0 Å². The maximum Gasteiger partial charge on any atom is 0.0417 e. The molecule has 78 valence electrons. The van der Waals surface area contributed by atoms with E-state index in [0.717, 1.165) is 13.1 Å². The highest BCUT2D eigenvalue weighted by atomic mass is 15.5. The normalized spacial score (nSPS) is 10.4. The van der Waals surface area contributed by atoms with Gasteiger partial charge in [0.25, 0.3) is 0 Å². The molecule has 0 spiro atoms. The molecule has 0 saturated carbocycles. The highest BCUT2D eigenvalue weighted by Gasteiger charge is 2.06. The van der Waals surface area contributed by atoms with Gasteiger partial charge in [0.05, 0.1) is 0 Å². The fourth-order valence-corrected chi connectivity index (χ4v) is 1.10. The Labute approximate surface area is 82.4 Å². The van der Waals surface area contributed by atoms with Crippen molar-refractivity contribution in [1.29, 1.82) is 0 Å². The van der Waals surface area contributed by atoms with Crippen molar-refractivity contribution in [3.05, 3.63) is 11.3 Å². The van der Waals surface area contributed by atoms with Crippen molar-refractivity contribution < 1.29 is 0 Å². The molecule has 0 aromatic rings. The molecule has 0 bridgehead atoms. The first kappa shape index (κ1) is 12.5. The highest BCUT2D eigenvalue weighted by Crippen LogP contribution is 2.06. The van der Waals surface area contributed by atoms with Crippen molar-refractivity contribution in [1.82, 2.24) is 15.3 Å². The molecule has 3 nitrogen and oxygen atoms in total. The Morgan fingerprint density at radius 1 is 1.23 bits per heavy atom. The maximum absolute atomic E-state index is 3.12. The van der Waals surface area contributed by atoms with Gasteiger partial charge in [-0.25, -0.2) is 5.43 Å². The van der Waals surface area contributed by atoms with E-state index in [2.05, 4.69) is 43.2 Å². The van der Waals surface area contributed by atoms with E-state index >= 15 is 0 Å². The lowest BCUT2D eigenvalue weighted by atomic mass is 10.2. The number of hydrogen-bond donors (Lipinski definition) is 1. The van der Waals surface area contributed by atoms with E-state index in [0.29, 0.717) is 0 Å². The maximum atomic E-state index is 3.12. The molecule has 0 aliphatic heterocycles. The van der Waals surface area contributed by atoms with Gasteiger partial charge in [-0.2, -0.15) is 0 Å². The summed E-state index contributed by atoms with van der Waals surface area (Å²) in [6.45, 7) is 8.53. The molecule has 0 aromatic carbocycles. The number of allylic oxidation sites excluding steroid dienone is 1. The zero-order valence-corrected chi connectivity index (χ0v) is 9.81. The molecule has 0 fully saturated rings. The summed E-state index contributed by atoms with van der Waals surface area (Å²) < 4.78 is 0. The number of rotatable bonds is 5. The molecule has 0 aliphatic carbocycles. The molecule has 3 heteroatoms. The van der Waals surface area contributed by atoms with Crippen molar-refractivity contribution >= 4 is 0 Å². The van der Waals surface area contributed by atoms with Gasteiger partial charge in [0.2, 0.25) is 0 Å². The van der Waals surface area contributed by atoms with Crippen molar-refractivity contribution in [2.45, 2.75) is 20.8 Å². The minimum Gasteiger partial charge on any atom is -0.315 e. The van der Waals surface area contributed by atoms with Gasteiger partial charge >= 0.3 is 0 Å². The number of nitrogens with one attached hydrogen (secondary N) is 1. The van der Waals surface area contributed by atoms with Crippen LogP contribution in [0.15, 0.2) is 11.3 Å². The van der Waals surface area contributed by atoms with Gasteiger partial charge in [-0.15, -0.1) is 0 Å². The SMILES string of the molecule is CCN(C)CC(=C(C)C)N(C)NC. The smallest absolute Gasteiger partial charge is 0.0417 e. The van der Waals surface area contributed by atoms with Crippen LogP contribution in [0, 0.1) is 0 Å². The summed E-state index contributed by atoms with van der Waals surface area (Å²) in [6.07, 6.45) is 0. The number of likely N-dealkylation sites (N-methyl/N-ethyl adjacent to an activating group) is 2. The van der Waals surface area contributed by atoms with Gasteiger partial charge in [0.1, 0.15) is 0 Å². The minimum absolute atomic E-state index is 0.996. The fraction of sp³-hybridized carbons (Fsp3) is 0.800. The van der Waals surface area contributed by atoms with E-state index in [9.17, 15) is 0 Å². The first-order valence-electron chi connectivity index (χ1n) is 4.78. The summed E-state index contributed by atoms with van der Waals surface area (Å²) in [5, 5.41) is 2.07. The molecular weight excluding hydrogens is 162 g/mol. The topological polar surface area (TPSA) is 18.5 Å². The Kier molecular flexibility index (Phi) is 5.75. The van der Waals surface area contributed by atoms with Crippen molar-refractivity contribution in [2.24, 2.45) is 0 Å². The Morgan fingerprint density at radius 3 is 2.08 bits per heavy atom. The van der Waals surface area contributed by atoms with E-state index in [1.807, 2.05) is 14.1 Å². The minimum atomic E-state index is 0.996. The molecule has 0 aromatic heterocycles. The second-order valence-corrected chi connectivity index (χ2v) is 3.56. The van der Waals surface area contributed by atoms with Crippen LogP contribution < -0.4 is 5.43 Å². The van der Waals surface area contributed by atoms with Crippen LogP contribution in [0.25, 0.3) is 0 Å². The molecule has 0 heterocycles. The lowest BCUT2D eigenvalue weighted by Gasteiger charge is -2.26. The van der Waals surface area contributed by atoms with Crippen LogP contribution >= 0.6 is 0 Å². The van der Waals surface area contributed by atoms with Gasteiger partial charge in [0.15, 0.2) is 0 Å². The van der Waals surface area contributed by atoms with E-state index < -0.39 is 0 Å². The summed E-state index contributed by atoms with van der Waals surface area (Å²) in [4.78, 5) is 2.29. The molecule has 0 saturated heterocycles. The summed E-state index contributed by atoms with van der Waals surface area (Å²) in [6, 6.07) is 0. The average molecular weight is 185 g/mol. The molecule has 0 unspecified atom stereocenters. The third kappa shape index (κ3) is 4.29. The molecule has 13 heavy (non-hydrogen) atoms. The average Bonchev–Trinajstić information content (AvgIpc) is 2.11. The van der Waals surface area contributed by atoms with Crippen LogP contribution in [0.5, 0.6) is 0 Å². The zero-order chi connectivity index (χ0) is 10.4. The first-order chi connectivity index (χ1) is 6.02. The Balaban J connectivity index is 4.38. The number of hydrazine groups is 1. The van der Waals surface area contributed by atoms with Crippen LogP contribution in [-0.4, -0.2) is 44.1 Å². The predicted octanol–water partition coefficient (Wildman–Crippen LogP) is 1.30. The zero-order valence-electron chi connectivity index (χ0n) is 9.81. The Hall–Kier alpha value is -0.540. The van der Waals surface area contributed by atoms with E-state index in [4.69, 9.17) is 0 Å². The fourth-order valence-electron chi connectivity index (χ4n) is 1.10. The van der Waals surface area contributed by atoms with Crippen molar-refractivity contribution in [2.75, 3.05) is 34.2 Å². The summed E-state index contributed by atoms with van der Waals surface area (Å²) in [5.41, 5.74) is 5.82. The third-order valence-electron chi connectivity index (χ3n) is 2.28. The molecule has 0 amide bonds. The van der Waals surface area contributed by atoms with E-state index in [1.54, 1.807) is 0 Å². The third-order valence-corrected chi connectivity index (χ3v) is 2.28. The van der Waals surface area contributed by atoms with Crippen LogP contribution in [-0.2, 0) is 0 Å². The van der Waals surface area contributed by atoms with E-state index in [1.165, 1.54) is 11.3 Å². The van der Waals surface area contributed by atoms with Crippen molar-refractivity contribution in [3.63, 3.8) is 0 Å². The summed E-state index contributed by atoms with van der Waals surface area (Å²) >= 11 is 0. The van der Waals surface area contributed by atoms with Gasteiger partial charge in [-0.05, 0) is 27.4 Å². The van der Waals surface area contributed by atoms with E-state index in [-0.39, 0.29) is 0 Å².